The van der Waals surface area contributed by atoms with Crippen molar-refractivity contribution in [3.05, 3.63) is 0 Å². The van der Waals surface area contributed by atoms with Gasteiger partial charge in [0.15, 0.2) is 5.78 Å². The zero-order chi connectivity index (χ0) is 11.4. The van der Waals surface area contributed by atoms with Crippen LogP contribution in [0, 0.1) is 5.92 Å². The van der Waals surface area contributed by atoms with E-state index in [-0.39, 0.29) is 31.9 Å². The van der Waals surface area contributed by atoms with E-state index in [4.69, 9.17) is 9.84 Å². The van der Waals surface area contributed by atoms with Gasteiger partial charge < -0.3 is 14.7 Å². The Morgan fingerprint density at radius 3 is 2.73 bits per heavy atom. The Balaban J connectivity index is 2.56. The van der Waals surface area contributed by atoms with Gasteiger partial charge in [0.1, 0.15) is 5.92 Å². The van der Waals surface area contributed by atoms with Gasteiger partial charge in [0, 0.05) is 6.54 Å². The van der Waals surface area contributed by atoms with E-state index in [0.29, 0.717) is 0 Å². The minimum atomic E-state index is -1.13. The summed E-state index contributed by atoms with van der Waals surface area (Å²) in [5.41, 5.74) is 0. The van der Waals surface area contributed by atoms with Gasteiger partial charge in [-0.3, -0.25) is 9.59 Å². The van der Waals surface area contributed by atoms with Crippen LogP contribution in [0.2, 0.25) is 0 Å². The second kappa shape index (κ2) is 4.77. The maximum atomic E-state index is 11.4. The quantitative estimate of drug-likeness (QED) is 0.522. The summed E-state index contributed by atoms with van der Waals surface area (Å²) >= 11 is 0. The highest BCUT2D eigenvalue weighted by Gasteiger charge is 2.35. The van der Waals surface area contributed by atoms with Crippen molar-refractivity contribution in [1.82, 2.24) is 4.90 Å². The van der Waals surface area contributed by atoms with Crippen LogP contribution in [0.3, 0.4) is 0 Å². The average Bonchev–Trinajstić information content (AvgIpc) is 2.17. The topological polar surface area (TPSA) is 83.9 Å². The zero-order valence-corrected chi connectivity index (χ0v) is 8.43. The third kappa shape index (κ3) is 2.68. The second-order valence-corrected chi connectivity index (χ2v) is 3.26. The van der Waals surface area contributed by atoms with Crippen molar-refractivity contribution >= 4 is 17.8 Å². The highest BCUT2D eigenvalue weighted by Crippen LogP contribution is 2.15. The molecule has 1 fully saturated rings. The lowest BCUT2D eigenvalue weighted by molar-refractivity contribution is -0.153. The zero-order valence-electron chi connectivity index (χ0n) is 8.43. The number of ketones is 1. The van der Waals surface area contributed by atoms with E-state index in [2.05, 4.69) is 0 Å². The van der Waals surface area contributed by atoms with Gasteiger partial charge in [0.2, 0.25) is 0 Å². The van der Waals surface area contributed by atoms with Gasteiger partial charge in [0.25, 0.3) is 0 Å². The van der Waals surface area contributed by atoms with Gasteiger partial charge in [-0.25, -0.2) is 4.79 Å². The summed E-state index contributed by atoms with van der Waals surface area (Å²) in [5, 5.41) is 8.64. The third-order valence-corrected chi connectivity index (χ3v) is 2.26. The molecule has 0 aliphatic carbocycles. The normalized spacial score (nSPS) is 21.3. The van der Waals surface area contributed by atoms with E-state index >= 15 is 0 Å². The van der Waals surface area contributed by atoms with Gasteiger partial charge in [-0.2, -0.15) is 0 Å². The van der Waals surface area contributed by atoms with Crippen molar-refractivity contribution in [2.75, 3.05) is 19.7 Å². The third-order valence-electron chi connectivity index (χ3n) is 2.26. The van der Waals surface area contributed by atoms with Crippen LogP contribution in [-0.2, 0) is 14.3 Å². The van der Waals surface area contributed by atoms with Crippen molar-refractivity contribution < 1.29 is 24.2 Å². The number of carbonyl (C=O) groups is 3. The molecule has 6 heteroatoms. The molecule has 15 heavy (non-hydrogen) atoms. The Kier molecular flexibility index (Phi) is 3.65. The fourth-order valence-corrected chi connectivity index (χ4v) is 1.48. The predicted molar refractivity (Wildman–Crippen MR) is 49.3 cm³/mol. The largest absolute Gasteiger partial charge is 0.465 e. The van der Waals surface area contributed by atoms with E-state index in [1.165, 1.54) is 0 Å². The molecule has 1 rings (SSSR count). The number of hydrogen-bond donors (Lipinski definition) is 1. The van der Waals surface area contributed by atoms with Gasteiger partial charge in [0.05, 0.1) is 13.2 Å². The van der Waals surface area contributed by atoms with Crippen LogP contribution >= 0.6 is 0 Å². The Labute approximate surface area is 86.8 Å². The first-order valence-corrected chi connectivity index (χ1v) is 4.73. The Morgan fingerprint density at radius 1 is 1.60 bits per heavy atom. The number of carboxylic acid groups (broad SMARTS) is 1. The fourth-order valence-electron chi connectivity index (χ4n) is 1.48. The number of piperidine rings is 1. The van der Waals surface area contributed by atoms with Crippen LogP contribution in [0.15, 0.2) is 0 Å². The lowest BCUT2D eigenvalue weighted by Gasteiger charge is -2.27. The Morgan fingerprint density at radius 2 is 2.27 bits per heavy atom. The average molecular weight is 215 g/mol. The number of hydrogen-bond acceptors (Lipinski definition) is 4. The van der Waals surface area contributed by atoms with Crippen LogP contribution in [-0.4, -0.2) is 47.5 Å². The molecule has 0 bridgehead atoms. The summed E-state index contributed by atoms with van der Waals surface area (Å²) < 4.78 is 4.72. The maximum Gasteiger partial charge on any atom is 0.407 e. The summed E-state index contributed by atoms with van der Waals surface area (Å²) in [5.74, 6) is -1.73. The molecule has 0 spiro atoms. The first-order chi connectivity index (χ1) is 7.06. The van der Waals surface area contributed by atoms with E-state index < -0.39 is 18.0 Å². The number of nitrogens with zero attached hydrogens (tertiary/aromatic N) is 1. The maximum absolute atomic E-state index is 11.4. The highest BCUT2D eigenvalue weighted by atomic mass is 16.5. The smallest absolute Gasteiger partial charge is 0.407 e. The molecule has 1 heterocycles. The van der Waals surface area contributed by atoms with Crippen LogP contribution in [0.5, 0.6) is 0 Å². The predicted octanol–water partition coefficient (Wildman–Crippen LogP) is 0.118. The minimum absolute atomic E-state index is 0.199. The Hall–Kier alpha value is -1.59. The van der Waals surface area contributed by atoms with Crippen molar-refractivity contribution in [2.45, 2.75) is 13.3 Å². The number of esters is 1. The molecule has 84 valence electrons. The van der Waals surface area contributed by atoms with Crippen LogP contribution in [0.4, 0.5) is 4.79 Å². The first-order valence-electron chi connectivity index (χ1n) is 4.73. The second-order valence-electron chi connectivity index (χ2n) is 3.26. The van der Waals surface area contributed by atoms with Gasteiger partial charge >= 0.3 is 12.1 Å². The van der Waals surface area contributed by atoms with Crippen LogP contribution in [0.1, 0.15) is 13.3 Å². The monoisotopic (exact) mass is 215 g/mol. The van der Waals surface area contributed by atoms with Crippen molar-refractivity contribution in [3.8, 4) is 0 Å². The Bertz CT molecular complexity index is 288. The minimum Gasteiger partial charge on any atom is -0.465 e. The molecule has 1 unspecified atom stereocenters. The number of amides is 1. The molecule has 1 N–H and O–H groups in total. The number of carbonyl (C=O) groups excluding carboxylic acids is 2. The van der Waals surface area contributed by atoms with E-state index in [9.17, 15) is 14.4 Å². The fraction of sp³-hybridized carbons (Fsp3) is 0.667. The van der Waals surface area contributed by atoms with Crippen molar-refractivity contribution in [2.24, 2.45) is 5.92 Å². The van der Waals surface area contributed by atoms with Crippen molar-refractivity contribution in [3.63, 3.8) is 0 Å². The van der Waals surface area contributed by atoms with Crippen LogP contribution < -0.4 is 0 Å². The summed E-state index contributed by atoms with van der Waals surface area (Å²) in [4.78, 5) is 34.3. The molecule has 1 aliphatic heterocycles. The number of Topliss-reactive ketones (excluding diaryl/α,β-unsaturated/α-hetero) is 1. The van der Waals surface area contributed by atoms with Crippen LogP contribution in [0.25, 0.3) is 0 Å². The number of likely N-dealkylation sites (tertiary alicyclic amines) is 1. The molecule has 1 aliphatic rings. The molecule has 0 radical (unpaired) electrons. The lowest BCUT2D eigenvalue weighted by Crippen LogP contribution is -2.46. The molecule has 0 aromatic heterocycles. The van der Waals surface area contributed by atoms with E-state index in [1.54, 1.807) is 6.92 Å². The molecular formula is C9H13NO5. The summed E-state index contributed by atoms with van der Waals surface area (Å²) in [6, 6.07) is 0. The number of rotatable bonds is 2. The molecule has 1 saturated heterocycles. The molecule has 0 saturated carbocycles. The van der Waals surface area contributed by atoms with Gasteiger partial charge in [-0.05, 0) is 13.3 Å². The molecule has 0 aromatic carbocycles. The van der Waals surface area contributed by atoms with Gasteiger partial charge in [-0.15, -0.1) is 0 Å². The molecule has 1 amide bonds. The first kappa shape index (κ1) is 11.5. The molecule has 0 aromatic rings. The molecular weight excluding hydrogens is 202 g/mol. The molecule has 1 atom stereocenters. The molecule has 6 nitrogen and oxygen atoms in total. The van der Waals surface area contributed by atoms with Gasteiger partial charge in [-0.1, -0.05) is 0 Å². The van der Waals surface area contributed by atoms with Crippen molar-refractivity contribution in [1.29, 1.82) is 0 Å². The SMILES string of the molecule is CCOC(=O)C1CCN(C(=O)O)CC1=O. The summed E-state index contributed by atoms with van der Waals surface area (Å²) in [6.07, 6.45) is -0.921. The lowest BCUT2D eigenvalue weighted by atomic mass is 9.96. The summed E-state index contributed by atoms with van der Waals surface area (Å²) in [7, 11) is 0. The standard InChI is InChI=1S/C9H13NO5/c1-2-15-8(12)6-3-4-10(9(13)14)5-7(6)11/h6H,2-5H2,1H3,(H,13,14). The van der Waals surface area contributed by atoms with E-state index in [0.717, 1.165) is 4.90 Å². The number of ether oxygens (including phenoxy) is 1. The van der Waals surface area contributed by atoms with E-state index in [1.807, 2.05) is 0 Å². The summed E-state index contributed by atoms with van der Waals surface area (Å²) in [6.45, 7) is 1.86. The highest BCUT2D eigenvalue weighted by molar-refractivity contribution is 6.01.